The number of ether oxygens (including phenoxy) is 1. The number of amides is 2. The van der Waals surface area contributed by atoms with Gasteiger partial charge in [0.2, 0.25) is 0 Å². The Morgan fingerprint density at radius 2 is 1.76 bits per heavy atom. The minimum Gasteiger partial charge on any atom is -0.545 e. The Balaban J connectivity index is 0.00000280. The SMILES string of the molecule is O=C(COc1ccccc1)N[C@@H]1C(=O)N2C(C(=O)[O-])=C(CSC(=S)NC3CCN(c4c(F)cc5c(=O)c(C(=O)[O-])cn(C6CC6)c5c4F)C3)CS[C@H]12.[Na+].[Na+]. The molecule has 0 spiro atoms. The maximum atomic E-state index is 16.1. The predicted octanol–water partition coefficient (Wildman–Crippen LogP) is -5.34. The van der Waals surface area contributed by atoms with Crippen LogP contribution in [0.5, 0.6) is 5.75 Å². The van der Waals surface area contributed by atoms with E-state index in [1.807, 2.05) is 0 Å². The molecule has 4 heterocycles. The van der Waals surface area contributed by atoms with Crippen molar-refractivity contribution >= 4 is 80.4 Å². The van der Waals surface area contributed by atoms with Crippen LogP contribution in [0.25, 0.3) is 10.9 Å². The zero-order chi connectivity index (χ0) is 36.8. The number of pyridine rings is 1. The first-order chi connectivity index (χ1) is 24.9. The van der Waals surface area contributed by atoms with Crippen molar-refractivity contribution in [1.82, 2.24) is 20.1 Å². The van der Waals surface area contributed by atoms with E-state index < -0.39 is 57.8 Å². The Kier molecular flexibility index (Phi) is 13.9. The number of β-lactam (4-membered cyclic amide) rings is 1. The molecule has 1 aliphatic carbocycles. The third-order valence-electron chi connectivity index (χ3n) is 9.22. The summed E-state index contributed by atoms with van der Waals surface area (Å²) in [7, 11) is 0. The number of hydrogen-bond acceptors (Lipinski definition) is 12. The summed E-state index contributed by atoms with van der Waals surface area (Å²) in [5, 5.41) is 28.5. The van der Waals surface area contributed by atoms with Crippen molar-refractivity contribution in [2.24, 2.45) is 0 Å². The van der Waals surface area contributed by atoms with Gasteiger partial charge in [-0.05, 0) is 43.0 Å². The van der Waals surface area contributed by atoms with Crippen LogP contribution in [0.15, 0.2) is 58.7 Å². The molecule has 3 atom stereocenters. The number of thioether (sulfide) groups is 2. The first-order valence-electron chi connectivity index (χ1n) is 16.2. The van der Waals surface area contributed by atoms with Crippen molar-refractivity contribution in [1.29, 1.82) is 0 Å². The van der Waals surface area contributed by atoms with Crippen molar-refractivity contribution in [3.05, 3.63) is 81.3 Å². The molecule has 0 bridgehead atoms. The number of aromatic carboxylic acids is 1. The molecule has 3 aliphatic heterocycles. The van der Waals surface area contributed by atoms with Crippen molar-refractivity contribution in [3.63, 3.8) is 0 Å². The van der Waals surface area contributed by atoms with Crippen LogP contribution in [0.4, 0.5) is 14.5 Å². The van der Waals surface area contributed by atoms with Gasteiger partial charge in [-0.3, -0.25) is 19.3 Å². The minimum absolute atomic E-state index is 0. The Morgan fingerprint density at radius 3 is 2.43 bits per heavy atom. The van der Waals surface area contributed by atoms with E-state index in [-0.39, 0.29) is 125 Å². The van der Waals surface area contributed by atoms with Crippen LogP contribution in [0.3, 0.4) is 0 Å². The van der Waals surface area contributed by atoms with Gasteiger partial charge in [0.15, 0.2) is 17.9 Å². The maximum Gasteiger partial charge on any atom is 1.00 e. The first kappa shape index (κ1) is 42.5. The average molecular weight is 816 g/mol. The summed E-state index contributed by atoms with van der Waals surface area (Å²) >= 11 is 7.94. The summed E-state index contributed by atoms with van der Waals surface area (Å²) < 4.78 is 38.6. The van der Waals surface area contributed by atoms with E-state index in [9.17, 15) is 34.2 Å². The number of para-hydroxylation sites is 1. The molecule has 7 rings (SSSR count). The molecule has 1 aromatic heterocycles. The fourth-order valence-corrected chi connectivity index (χ4v) is 9.23. The minimum atomic E-state index is -1.72. The van der Waals surface area contributed by atoms with Crippen molar-refractivity contribution in [2.75, 3.05) is 36.1 Å². The molecule has 54 heavy (non-hydrogen) atoms. The Bertz CT molecular complexity index is 2120. The fourth-order valence-electron chi connectivity index (χ4n) is 6.61. The van der Waals surface area contributed by atoms with Gasteiger partial charge in [-0.1, -0.05) is 42.2 Å². The van der Waals surface area contributed by atoms with E-state index in [4.69, 9.17) is 17.0 Å². The van der Waals surface area contributed by atoms with Crippen LogP contribution in [0.1, 0.15) is 35.7 Å². The fraction of sp³-hybridized carbons (Fsp3) is 0.353. The Labute approximate surface area is 365 Å². The molecule has 3 aromatic rings. The number of nitrogens with zero attached hydrogens (tertiary/aromatic N) is 3. The monoisotopic (exact) mass is 815 g/mol. The maximum absolute atomic E-state index is 16.1. The standard InChI is InChI=1S/C34H31F2N5O8S3.2Na/c35-22-10-20-27(40(18-6-7-18)12-21(29(20)43)32(45)46)24(36)28(22)39-9-8-17(11-39)37-34(50)52-15-16-14-51-31-25(30(44)41(31)26(16)33(47)48)38-23(42)13-49-19-4-2-1-3-5-19;;/h1-5,10,12,17-18,25,31H,6-9,11,13-15H2,(H,37,50)(H,38,42)(H,45,46)(H,47,48);;/q;2*+1/p-2/t17?,25-,31-;;/m1../s1. The number of carbonyl (C=O) groups excluding carboxylic acids is 4. The number of aromatic nitrogens is 1. The molecule has 4 aliphatic rings. The van der Waals surface area contributed by atoms with Crippen LogP contribution >= 0.6 is 35.7 Å². The summed E-state index contributed by atoms with van der Waals surface area (Å²) in [5.41, 5.74) is -2.02. The number of carbonyl (C=O) groups is 4. The third kappa shape index (κ3) is 8.51. The number of carboxylic acid groups (broad SMARTS) is 2. The largest absolute Gasteiger partial charge is 1.00 e. The number of carboxylic acids is 2. The number of fused-ring (bicyclic) bond motifs is 2. The molecule has 3 fully saturated rings. The molecule has 2 amide bonds. The van der Waals surface area contributed by atoms with Gasteiger partial charge in [0.05, 0.1) is 34.1 Å². The second-order valence-electron chi connectivity index (χ2n) is 12.7. The second kappa shape index (κ2) is 17.6. The quantitative estimate of drug-likeness (QED) is 0.107. The molecule has 2 aromatic carbocycles. The van der Waals surface area contributed by atoms with Crippen molar-refractivity contribution < 1.29 is 102 Å². The van der Waals surface area contributed by atoms with E-state index in [1.165, 1.54) is 21.2 Å². The van der Waals surface area contributed by atoms with Gasteiger partial charge < -0.3 is 44.6 Å². The number of nitrogens with one attached hydrogen (secondary N) is 2. The van der Waals surface area contributed by atoms with Crippen LogP contribution in [-0.4, -0.2) is 86.2 Å². The number of benzene rings is 2. The number of thiocarbonyl (C=S) groups is 1. The molecule has 0 radical (unpaired) electrons. The van der Waals surface area contributed by atoms with Crippen LogP contribution in [0, 0.1) is 11.6 Å². The van der Waals surface area contributed by atoms with Crippen molar-refractivity contribution in [3.8, 4) is 5.75 Å². The molecule has 1 unspecified atom stereocenters. The van der Waals surface area contributed by atoms with Crippen molar-refractivity contribution in [2.45, 2.75) is 42.8 Å². The zero-order valence-corrected chi connectivity index (χ0v) is 35.5. The smallest absolute Gasteiger partial charge is 0.545 e. The Morgan fingerprint density at radius 1 is 1.04 bits per heavy atom. The van der Waals surface area contributed by atoms with E-state index >= 15 is 8.78 Å². The van der Waals surface area contributed by atoms with Crippen LogP contribution < -0.4 is 95.0 Å². The van der Waals surface area contributed by atoms with Gasteiger partial charge in [-0.2, -0.15) is 0 Å². The van der Waals surface area contributed by atoms with Gasteiger partial charge in [0, 0.05) is 42.9 Å². The molecule has 272 valence electrons. The number of halogens is 2. The molecule has 1 saturated carbocycles. The number of rotatable bonds is 11. The van der Waals surface area contributed by atoms with Crippen LogP contribution in [-0.2, 0) is 14.4 Å². The second-order valence-corrected chi connectivity index (χ2v) is 15.4. The number of anilines is 1. The average Bonchev–Trinajstić information content (AvgIpc) is 3.87. The van der Waals surface area contributed by atoms with E-state index in [0.29, 0.717) is 34.9 Å². The summed E-state index contributed by atoms with van der Waals surface area (Å²) in [6.07, 6.45) is 2.82. The van der Waals surface area contributed by atoms with E-state index in [1.54, 1.807) is 30.3 Å². The molecule has 2 saturated heterocycles. The van der Waals surface area contributed by atoms with Gasteiger partial charge in [-0.25, -0.2) is 8.78 Å². The third-order valence-corrected chi connectivity index (χ3v) is 11.9. The Hall–Kier alpha value is -2.68. The summed E-state index contributed by atoms with van der Waals surface area (Å²) in [6, 6.07) is 8.08. The number of hydrogen-bond donors (Lipinski definition) is 2. The number of aliphatic carboxylic acids is 1. The van der Waals surface area contributed by atoms with Gasteiger partial charge in [-0.15, -0.1) is 11.8 Å². The molecule has 13 nitrogen and oxygen atoms in total. The van der Waals surface area contributed by atoms with E-state index in [2.05, 4.69) is 10.6 Å². The molecular formula is C34H29F2N5Na2O8S3. The molecular weight excluding hydrogens is 787 g/mol. The first-order valence-corrected chi connectivity index (χ1v) is 18.7. The van der Waals surface area contributed by atoms with Crippen LogP contribution in [0.2, 0.25) is 0 Å². The topological polar surface area (TPSA) is 176 Å². The van der Waals surface area contributed by atoms with Gasteiger partial charge in [0.25, 0.3) is 11.8 Å². The predicted molar refractivity (Wildman–Crippen MR) is 189 cm³/mol. The normalized spacial score (nSPS) is 20.3. The summed E-state index contributed by atoms with van der Waals surface area (Å²) in [4.78, 5) is 64.6. The zero-order valence-electron chi connectivity index (χ0n) is 29.1. The van der Waals surface area contributed by atoms with E-state index in [0.717, 1.165) is 28.9 Å². The molecule has 20 heteroatoms. The van der Waals surface area contributed by atoms with Gasteiger partial charge >= 0.3 is 59.1 Å². The summed E-state index contributed by atoms with van der Waals surface area (Å²) in [5.74, 6) is -5.47. The van der Waals surface area contributed by atoms with Gasteiger partial charge in [0.1, 0.15) is 33.0 Å². The summed E-state index contributed by atoms with van der Waals surface area (Å²) in [6.45, 7) is 0.0864. The molecule has 2 N–H and O–H groups in total.